The molecule has 2 aromatic rings. The number of benzene rings is 2. The molecule has 0 unspecified atom stereocenters. The lowest BCUT2D eigenvalue weighted by Gasteiger charge is -2.36. The third-order valence-corrected chi connectivity index (χ3v) is 5.86. The van der Waals surface area contributed by atoms with Gasteiger partial charge in [-0.1, -0.05) is 50.6 Å². The number of carbonyl (C=O) groups excluding carboxylic acids is 2. The number of hydrogen-bond donors (Lipinski definition) is 1. The molecule has 0 aromatic heterocycles. The first-order valence-electron chi connectivity index (χ1n) is 11.5. The van der Waals surface area contributed by atoms with E-state index in [0.717, 1.165) is 36.4 Å². The van der Waals surface area contributed by atoms with Gasteiger partial charge in [-0.05, 0) is 36.8 Å². The molecule has 3 amide bonds. The van der Waals surface area contributed by atoms with Gasteiger partial charge in [-0.2, -0.15) is 0 Å². The van der Waals surface area contributed by atoms with E-state index in [9.17, 15) is 14.0 Å². The van der Waals surface area contributed by atoms with E-state index in [-0.39, 0.29) is 17.8 Å². The summed E-state index contributed by atoms with van der Waals surface area (Å²) in [5.74, 6) is -0.209. The van der Waals surface area contributed by atoms with Gasteiger partial charge in [-0.3, -0.25) is 9.69 Å². The Labute approximate surface area is 196 Å². The summed E-state index contributed by atoms with van der Waals surface area (Å²) in [6.45, 7) is 12.3. The standard InChI is InChI=1S/C26H35FN4O2/c1-20-5-11-23(12-6-20)28-25(33)30-16-13-29(14-17-30)15-18-31(24(32)26(2,3)4)19-21-7-9-22(27)10-8-21/h5-12H,13-19H2,1-4H3,(H,28,33). The average Bonchev–Trinajstić information content (AvgIpc) is 2.78. The summed E-state index contributed by atoms with van der Waals surface area (Å²) in [5.41, 5.74) is 2.36. The minimum absolute atomic E-state index is 0.0722. The van der Waals surface area contributed by atoms with E-state index in [2.05, 4.69) is 10.2 Å². The van der Waals surface area contributed by atoms with Crippen molar-refractivity contribution in [3.05, 3.63) is 65.5 Å². The van der Waals surface area contributed by atoms with Gasteiger partial charge in [-0.15, -0.1) is 0 Å². The largest absolute Gasteiger partial charge is 0.337 e. The van der Waals surface area contributed by atoms with E-state index in [1.807, 2.05) is 61.8 Å². The molecule has 1 heterocycles. The monoisotopic (exact) mass is 454 g/mol. The second-order valence-corrected chi connectivity index (χ2v) is 9.73. The van der Waals surface area contributed by atoms with Crippen LogP contribution in [0.25, 0.3) is 0 Å². The highest BCUT2D eigenvalue weighted by Gasteiger charge is 2.28. The van der Waals surface area contributed by atoms with Gasteiger partial charge in [0.05, 0.1) is 0 Å². The van der Waals surface area contributed by atoms with Crippen molar-refractivity contribution in [3.63, 3.8) is 0 Å². The summed E-state index contributed by atoms with van der Waals surface area (Å²) >= 11 is 0. The summed E-state index contributed by atoms with van der Waals surface area (Å²) in [6.07, 6.45) is 0. The highest BCUT2D eigenvalue weighted by atomic mass is 19.1. The number of hydrogen-bond acceptors (Lipinski definition) is 3. The van der Waals surface area contributed by atoms with Gasteiger partial charge in [0, 0.05) is 56.9 Å². The van der Waals surface area contributed by atoms with Crippen LogP contribution in [0.4, 0.5) is 14.9 Å². The number of rotatable bonds is 6. The first-order valence-corrected chi connectivity index (χ1v) is 11.5. The molecule has 0 atom stereocenters. The predicted octanol–water partition coefficient (Wildman–Crippen LogP) is 4.36. The van der Waals surface area contributed by atoms with Crippen molar-refractivity contribution in [2.24, 2.45) is 5.41 Å². The van der Waals surface area contributed by atoms with Gasteiger partial charge in [0.15, 0.2) is 0 Å². The van der Waals surface area contributed by atoms with Crippen molar-refractivity contribution < 1.29 is 14.0 Å². The molecule has 0 aliphatic carbocycles. The quantitative estimate of drug-likeness (QED) is 0.706. The molecule has 178 valence electrons. The second kappa shape index (κ2) is 10.8. The normalized spacial score (nSPS) is 14.8. The molecule has 6 nitrogen and oxygen atoms in total. The Kier molecular flexibility index (Phi) is 8.08. The lowest BCUT2D eigenvalue weighted by molar-refractivity contribution is -0.140. The zero-order chi connectivity index (χ0) is 24.0. The number of carbonyl (C=O) groups is 2. The number of anilines is 1. The summed E-state index contributed by atoms with van der Waals surface area (Å²) in [5, 5.41) is 2.96. The van der Waals surface area contributed by atoms with Crippen LogP contribution in [-0.4, -0.2) is 65.9 Å². The highest BCUT2D eigenvalue weighted by Crippen LogP contribution is 2.20. The van der Waals surface area contributed by atoms with Crippen molar-refractivity contribution >= 4 is 17.6 Å². The summed E-state index contributed by atoms with van der Waals surface area (Å²) in [4.78, 5) is 31.5. The Morgan fingerprint density at radius 2 is 1.58 bits per heavy atom. The van der Waals surface area contributed by atoms with Crippen LogP contribution in [-0.2, 0) is 11.3 Å². The van der Waals surface area contributed by atoms with Crippen LogP contribution in [0.1, 0.15) is 31.9 Å². The number of aryl methyl sites for hydroxylation is 1. The maximum atomic E-state index is 13.3. The van der Waals surface area contributed by atoms with Crippen LogP contribution >= 0.6 is 0 Å². The van der Waals surface area contributed by atoms with Crippen LogP contribution in [0.5, 0.6) is 0 Å². The maximum Gasteiger partial charge on any atom is 0.321 e. The van der Waals surface area contributed by atoms with Crippen molar-refractivity contribution in [3.8, 4) is 0 Å². The van der Waals surface area contributed by atoms with Gasteiger partial charge >= 0.3 is 6.03 Å². The molecule has 1 saturated heterocycles. The van der Waals surface area contributed by atoms with Crippen molar-refractivity contribution in [1.82, 2.24) is 14.7 Å². The fraction of sp³-hybridized carbons (Fsp3) is 0.462. The molecule has 1 aliphatic heterocycles. The molecule has 0 radical (unpaired) electrons. The minimum atomic E-state index is -0.493. The minimum Gasteiger partial charge on any atom is -0.337 e. The Bertz CT molecular complexity index is 930. The molecule has 1 N–H and O–H groups in total. The molecule has 3 rings (SSSR count). The average molecular weight is 455 g/mol. The zero-order valence-electron chi connectivity index (χ0n) is 20.1. The molecular weight excluding hydrogens is 419 g/mol. The zero-order valence-corrected chi connectivity index (χ0v) is 20.1. The lowest BCUT2D eigenvalue weighted by Crippen LogP contribution is -2.52. The number of halogens is 1. The first kappa shape index (κ1) is 24.7. The van der Waals surface area contributed by atoms with Gasteiger partial charge in [-0.25, -0.2) is 9.18 Å². The Morgan fingerprint density at radius 1 is 0.970 bits per heavy atom. The van der Waals surface area contributed by atoms with E-state index < -0.39 is 5.41 Å². The number of nitrogens with one attached hydrogen (secondary N) is 1. The maximum absolute atomic E-state index is 13.3. The van der Waals surface area contributed by atoms with Crippen LogP contribution < -0.4 is 5.32 Å². The molecule has 2 aromatic carbocycles. The SMILES string of the molecule is Cc1ccc(NC(=O)N2CCN(CCN(Cc3ccc(F)cc3)C(=O)C(C)(C)C)CC2)cc1. The van der Waals surface area contributed by atoms with Crippen LogP contribution in [0.2, 0.25) is 0 Å². The van der Waals surface area contributed by atoms with E-state index >= 15 is 0 Å². The van der Waals surface area contributed by atoms with Gasteiger partial charge in [0.2, 0.25) is 5.91 Å². The second-order valence-electron chi connectivity index (χ2n) is 9.73. The van der Waals surface area contributed by atoms with Gasteiger partial charge in [0.25, 0.3) is 0 Å². The van der Waals surface area contributed by atoms with Gasteiger partial charge in [0.1, 0.15) is 5.82 Å². The van der Waals surface area contributed by atoms with Crippen LogP contribution in [0.15, 0.2) is 48.5 Å². The number of amides is 3. The summed E-state index contributed by atoms with van der Waals surface area (Å²) < 4.78 is 13.3. The van der Waals surface area contributed by atoms with E-state index in [1.165, 1.54) is 12.1 Å². The number of piperazine rings is 1. The van der Waals surface area contributed by atoms with Crippen LogP contribution in [0, 0.1) is 18.2 Å². The Balaban J connectivity index is 1.51. The molecule has 0 saturated carbocycles. The molecule has 1 aliphatic rings. The number of urea groups is 1. The van der Waals surface area contributed by atoms with Crippen molar-refractivity contribution in [2.45, 2.75) is 34.2 Å². The van der Waals surface area contributed by atoms with Crippen LogP contribution in [0.3, 0.4) is 0 Å². The molecule has 0 spiro atoms. The van der Waals surface area contributed by atoms with E-state index in [0.29, 0.717) is 26.2 Å². The molecule has 7 heteroatoms. The third-order valence-electron chi connectivity index (χ3n) is 5.86. The smallest absolute Gasteiger partial charge is 0.321 e. The van der Waals surface area contributed by atoms with E-state index in [4.69, 9.17) is 0 Å². The van der Waals surface area contributed by atoms with Crippen molar-refractivity contribution in [1.29, 1.82) is 0 Å². The molecule has 33 heavy (non-hydrogen) atoms. The summed E-state index contributed by atoms with van der Waals surface area (Å²) in [7, 11) is 0. The molecule has 0 bridgehead atoms. The van der Waals surface area contributed by atoms with Gasteiger partial charge < -0.3 is 15.1 Å². The highest BCUT2D eigenvalue weighted by molar-refractivity contribution is 5.89. The fourth-order valence-corrected chi connectivity index (χ4v) is 3.81. The third kappa shape index (κ3) is 7.29. The summed E-state index contributed by atoms with van der Waals surface area (Å²) in [6, 6.07) is 14.0. The number of nitrogens with zero attached hydrogens (tertiary/aromatic N) is 3. The Hall–Kier alpha value is -2.93. The topological polar surface area (TPSA) is 55.9 Å². The fourth-order valence-electron chi connectivity index (χ4n) is 3.81. The van der Waals surface area contributed by atoms with Crippen molar-refractivity contribution in [2.75, 3.05) is 44.6 Å². The first-order chi connectivity index (χ1) is 15.6. The lowest BCUT2D eigenvalue weighted by atomic mass is 9.94. The molecule has 1 fully saturated rings. The molecular formula is C26H35FN4O2. The predicted molar refractivity (Wildman–Crippen MR) is 129 cm³/mol. The van der Waals surface area contributed by atoms with E-state index in [1.54, 1.807) is 12.1 Å². The Morgan fingerprint density at radius 3 is 2.15 bits per heavy atom.